The second-order valence-corrected chi connectivity index (χ2v) is 32.7. The maximum absolute atomic E-state index is 2.58. The van der Waals surface area contributed by atoms with Crippen LogP contribution in [0.3, 0.4) is 0 Å². The first-order chi connectivity index (χ1) is 48.1. The van der Waals surface area contributed by atoms with Crippen molar-refractivity contribution in [3.63, 3.8) is 0 Å². The van der Waals surface area contributed by atoms with E-state index in [1.54, 1.807) is 0 Å². The average Bonchev–Trinajstić information content (AvgIpc) is 0.808. The second-order valence-electron chi connectivity index (χ2n) is 32.7. The Bertz CT molecular complexity index is 2680. The first kappa shape index (κ1) is 110. The highest BCUT2D eigenvalue weighted by atomic mass is 14.4. The molecule has 0 N–H and O–H groups in total. The maximum Gasteiger partial charge on any atom is -0.00256 e. The third-order valence-electron chi connectivity index (χ3n) is 22.8. The molecule has 0 radical (unpaired) electrons. The highest BCUT2D eigenvalue weighted by Gasteiger charge is 2.39. The van der Waals surface area contributed by atoms with Gasteiger partial charge in [0.1, 0.15) is 0 Å². The highest BCUT2D eigenvalue weighted by molar-refractivity contribution is 5.37. The summed E-state index contributed by atoms with van der Waals surface area (Å²) in [5.74, 6) is 5.93. The molecule has 0 saturated heterocycles. The van der Waals surface area contributed by atoms with E-state index in [4.69, 9.17) is 0 Å². The van der Waals surface area contributed by atoms with Gasteiger partial charge in [-0.15, -0.1) is 0 Å². The summed E-state index contributed by atoms with van der Waals surface area (Å²) in [5.41, 5.74) is 20.1. The van der Waals surface area contributed by atoms with E-state index in [0.29, 0.717) is 5.41 Å². The highest BCUT2D eigenvalue weighted by Crippen LogP contribution is 2.49. The van der Waals surface area contributed by atoms with Crippen LogP contribution in [-0.4, -0.2) is 0 Å². The lowest BCUT2D eigenvalue weighted by molar-refractivity contribution is 0.0421. The van der Waals surface area contributed by atoms with E-state index in [2.05, 4.69) is 272 Å². The molecule has 3 aliphatic carbocycles. The topological polar surface area (TPSA) is 0 Å². The molecule has 0 aliphatic heterocycles. The Kier molecular flexibility index (Phi) is 70.9. The van der Waals surface area contributed by atoms with Crippen LogP contribution >= 0.6 is 0 Å². The number of hydrogen-bond acceptors (Lipinski definition) is 0. The number of benzene rings is 6. The molecule has 3 fully saturated rings. The van der Waals surface area contributed by atoms with Crippen LogP contribution in [0.15, 0.2) is 133 Å². The van der Waals surface area contributed by atoms with Crippen LogP contribution in [0.25, 0.3) is 0 Å². The SMILES string of the molecule is C.C.C.C.C.C.CC1CCC(C(C)(C)C2CCC(C)CC2)CC1.CCCC.CCCCCCCC.CCCCCCCCCCCCCC.CCc1cccc(CC)c1.Cc1ccc(CC2CCC(C)CC2)cc1.Cc1ccc(Cc2ccc(C)c(C)c2)cc1C.Cc1ccc(Cc2ccc(C)cc2)cc1. The van der Waals surface area contributed by atoms with Crippen molar-refractivity contribution in [3.8, 4) is 0 Å². The van der Waals surface area contributed by atoms with Crippen molar-refractivity contribution < 1.29 is 0 Å². The lowest BCUT2D eigenvalue weighted by Crippen LogP contribution is -2.36. The fourth-order valence-electron chi connectivity index (χ4n) is 14.5. The summed E-state index contributed by atoms with van der Waals surface area (Å²) >= 11 is 0. The molecule has 0 spiro atoms. The predicted octanol–water partition coefficient (Wildman–Crippen LogP) is 35.9. The van der Waals surface area contributed by atoms with Gasteiger partial charge in [-0.25, -0.2) is 0 Å². The fourth-order valence-corrected chi connectivity index (χ4v) is 14.5. The predicted molar refractivity (Wildman–Crippen MR) is 494 cm³/mol. The van der Waals surface area contributed by atoms with Crippen molar-refractivity contribution in [2.24, 2.45) is 40.9 Å². The molecule has 3 aliphatic rings. The summed E-state index contributed by atoms with van der Waals surface area (Å²) in [7, 11) is 0. The van der Waals surface area contributed by atoms with Crippen molar-refractivity contribution in [1.82, 2.24) is 0 Å². The summed E-state index contributed by atoms with van der Waals surface area (Å²) in [6.45, 7) is 45.3. The Morgan fingerprint density at radius 3 is 0.802 bits per heavy atom. The van der Waals surface area contributed by atoms with E-state index in [0.717, 1.165) is 61.2 Å². The molecule has 610 valence electrons. The van der Waals surface area contributed by atoms with E-state index in [9.17, 15) is 0 Å². The van der Waals surface area contributed by atoms with Crippen LogP contribution in [0.2, 0.25) is 0 Å². The summed E-state index contributed by atoms with van der Waals surface area (Å²) in [4.78, 5) is 0. The van der Waals surface area contributed by atoms with Crippen molar-refractivity contribution in [1.29, 1.82) is 0 Å². The third-order valence-corrected chi connectivity index (χ3v) is 22.8. The molecule has 0 bridgehead atoms. The van der Waals surface area contributed by atoms with Gasteiger partial charge in [-0.1, -0.05) is 452 Å². The van der Waals surface area contributed by atoms with Gasteiger partial charge < -0.3 is 0 Å². The molecule has 0 amide bonds. The molecular weight excluding hydrogens is 1270 g/mol. The Balaban J connectivity index is -0.000000371. The monoisotopic (exact) mass is 1460 g/mol. The Morgan fingerprint density at radius 2 is 0.528 bits per heavy atom. The molecule has 106 heavy (non-hydrogen) atoms. The van der Waals surface area contributed by atoms with Crippen LogP contribution < -0.4 is 0 Å². The van der Waals surface area contributed by atoms with Gasteiger partial charge in [0.25, 0.3) is 0 Å². The van der Waals surface area contributed by atoms with Gasteiger partial charge in [0.15, 0.2) is 0 Å². The first-order valence-corrected chi connectivity index (χ1v) is 42.5. The van der Waals surface area contributed by atoms with E-state index >= 15 is 0 Å². The molecule has 9 rings (SSSR count). The van der Waals surface area contributed by atoms with Gasteiger partial charge >= 0.3 is 0 Å². The maximum atomic E-state index is 2.58. The third kappa shape index (κ3) is 51.7. The van der Waals surface area contributed by atoms with E-state index < -0.39 is 0 Å². The fraction of sp³-hybridized carbons (Fsp3) is 0.660. The molecule has 0 heterocycles. The summed E-state index contributed by atoms with van der Waals surface area (Å²) < 4.78 is 0. The molecule has 0 atom stereocenters. The van der Waals surface area contributed by atoms with E-state index in [-0.39, 0.29) is 44.6 Å². The van der Waals surface area contributed by atoms with Gasteiger partial charge in [-0.3, -0.25) is 0 Å². The molecule has 6 aromatic rings. The van der Waals surface area contributed by atoms with Crippen LogP contribution in [0.4, 0.5) is 0 Å². The summed E-state index contributed by atoms with van der Waals surface area (Å²) in [5, 5.41) is 0. The lowest BCUT2D eigenvalue weighted by atomic mass is 9.59. The zero-order valence-corrected chi connectivity index (χ0v) is 69.8. The van der Waals surface area contributed by atoms with Crippen LogP contribution in [-0.2, 0) is 32.1 Å². The molecule has 0 heteroatoms. The first-order valence-electron chi connectivity index (χ1n) is 42.5. The van der Waals surface area contributed by atoms with Gasteiger partial charge in [-0.2, -0.15) is 0 Å². The van der Waals surface area contributed by atoms with E-state index in [1.807, 2.05) is 0 Å². The lowest BCUT2D eigenvalue weighted by Gasteiger charge is -2.46. The number of aryl methyl sites for hydroxylation is 9. The average molecular weight is 1460 g/mol. The Morgan fingerprint density at radius 1 is 0.264 bits per heavy atom. The molecule has 6 aromatic carbocycles. The molecule has 0 aromatic heterocycles. The van der Waals surface area contributed by atoms with Crippen molar-refractivity contribution >= 4 is 0 Å². The summed E-state index contributed by atoms with van der Waals surface area (Å²) in [6, 6.07) is 48.8. The van der Waals surface area contributed by atoms with Gasteiger partial charge in [0, 0.05) is 0 Å². The molecular formula is C106H186. The smallest absolute Gasteiger partial charge is 0.00256 e. The molecule has 3 saturated carbocycles. The second kappa shape index (κ2) is 68.4. The number of rotatable bonds is 27. The number of hydrogen-bond donors (Lipinski definition) is 0. The molecule has 0 nitrogen and oxygen atoms in total. The normalized spacial score (nSPS) is 16.7. The quantitative estimate of drug-likeness (QED) is 0.0451. The standard InChI is InChI=1S/C17H32.C17H20.C15H22.C15H16.C14H30.C10H14.C8H18.C4H10.6CH4/c1-13-5-9-15(10-6-13)17(3,4)16-11-7-14(2)8-12-16;1-12-5-7-16(9-14(12)3)11-17-8-6-13(2)15(4)10-17;2*1-12-3-7-14(8-4-12)11-15-9-5-13(2)6-10-15;1-3-5-7-9-11-13-14-12-10-8-6-4-2;1-3-9-6-5-7-10(4-2)8-9;1-3-5-7-8-6-4-2;1-3-4-2;;;;;;/h13-16H,5-12H2,1-4H3;5-10H,11H2,1-4H3;3-4,7-8,13,15H,5-6,9-11H2,1-2H3;3-10H,11H2,1-2H3;3-14H2,1-2H3;5-8H,3-4H2,1-2H3;3-8H2,1-2H3;3-4H2,1-2H3;6*1H4. The zero-order valence-electron chi connectivity index (χ0n) is 69.8. The van der Waals surface area contributed by atoms with Crippen molar-refractivity contribution in [2.45, 2.75) is 421 Å². The van der Waals surface area contributed by atoms with Gasteiger partial charge in [0.2, 0.25) is 0 Å². The minimum Gasteiger partial charge on any atom is -0.0776 e. The van der Waals surface area contributed by atoms with Crippen LogP contribution in [0.1, 0.15) is 418 Å². The zero-order chi connectivity index (χ0) is 73.8. The number of unbranched alkanes of at least 4 members (excludes halogenated alkanes) is 17. The Labute approximate surface area is 668 Å². The van der Waals surface area contributed by atoms with Gasteiger partial charge in [-0.05, 0) is 221 Å². The largest absolute Gasteiger partial charge is 0.0776 e. The molecule has 0 unspecified atom stereocenters. The van der Waals surface area contributed by atoms with Gasteiger partial charge in [0.05, 0.1) is 0 Å². The van der Waals surface area contributed by atoms with Crippen LogP contribution in [0.5, 0.6) is 0 Å². The van der Waals surface area contributed by atoms with Crippen LogP contribution in [0, 0.1) is 89.4 Å². The summed E-state index contributed by atoms with van der Waals surface area (Å²) in [6.07, 6.45) is 51.9. The minimum atomic E-state index is 0. The minimum absolute atomic E-state index is 0. The van der Waals surface area contributed by atoms with Crippen molar-refractivity contribution in [3.05, 3.63) is 211 Å². The van der Waals surface area contributed by atoms with E-state index in [1.165, 1.54) is 290 Å². The van der Waals surface area contributed by atoms with Crippen molar-refractivity contribution in [2.75, 3.05) is 0 Å². The Hall–Kier alpha value is -4.68.